The number of thioether (sulfide) groups is 1. The summed E-state index contributed by atoms with van der Waals surface area (Å²) >= 11 is 1.40. The van der Waals surface area contributed by atoms with Crippen LogP contribution in [0.3, 0.4) is 0 Å². The molecule has 0 heterocycles. The maximum atomic E-state index is 12.4. The summed E-state index contributed by atoms with van der Waals surface area (Å²) in [4.78, 5) is 19.7. The lowest BCUT2D eigenvalue weighted by Gasteiger charge is -2.13. The highest BCUT2D eigenvalue weighted by Gasteiger charge is 2.16. The second kappa shape index (κ2) is 7.27. The van der Waals surface area contributed by atoms with Gasteiger partial charge < -0.3 is 4.90 Å². The van der Waals surface area contributed by atoms with E-state index in [0.29, 0.717) is 5.04 Å². The van der Waals surface area contributed by atoms with Gasteiger partial charge in [0.25, 0.3) is 5.91 Å². The fourth-order valence-corrected chi connectivity index (χ4v) is 2.91. The number of hydrogen-bond acceptors (Lipinski definition) is 3. The van der Waals surface area contributed by atoms with Crippen molar-refractivity contribution in [1.29, 1.82) is 0 Å². The standard InChI is InChI=1S/C18H20N2OS/c1-13-9-8-10-14(2)16(13)19-17(18(21)20(3)4)22-15-11-6-5-7-12-15/h5-12H,1-4H3. The molecule has 0 N–H and O–H groups in total. The highest BCUT2D eigenvalue weighted by atomic mass is 32.2. The molecule has 0 spiro atoms. The van der Waals surface area contributed by atoms with Crippen LogP contribution in [-0.4, -0.2) is 29.9 Å². The molecule has 0 aliphatic carbocycles. The molecule has 22 heavy (non-hydrogen) atoms. The fourth-order valence-electron chi connectivity index (χ4n) is 1.99. The first-order chi connectivity index (χ1) is 10.5. The van der Waals surface area contributed by atoms with E-state index in [-0.39, 0.29) is 5.91 Å². The Labute approximate surface area is 136 Å². The van der Waals surface area contributed by atoms with Crippen LogP contribution in [0.25, 0.3) is 0 Å². The first-order valence-corrected chi connectivity index (χ1v) is 7.90. The van der Waals surface area contributed by atoms with E-state index in [9.17, 15) is 4.79 Å². The van der Waals surface area contributed by atoms with Crippen LogP contribution in [0.2, 0.25) is 0 Å². The summed E-state index contributed by atoms with van der Waals surface area (Å²) in [6, 6.07) is 15.9. The molecule has 0 fully saturated rings. The number of rotatable bonds is 2. The van der Waals surface area contributed by atoms with Crippen LogP contribution in [0.5, 0.6) is 0 Å². The van der Waals surface area contributed by atoms with Gasteiger partial charge in [-0.1, -0.05) is 48.2 Å². The van der Waals surface area contributed by atoms with E-state index in [1.807, 2.05) is 62.4 Å². The van der Waals surface area contributed by atoms with Crippen molar-refractivity contribution in [2.75, 3.05) is 14.1 Å². The van der Waals surface area contributed by atoms with Crippen molar-refractivity contribution in [2.45, 2.75) is 18.7 Å². The third-order valence-corrected chi connectivity index (χ3v) is 4.17. The van der Waals surface area contributed by atoms with Gasteiger partial charge in [-0.25, -0.2) is 4.99 Å². The van der Waals surface area contributed by atoms with Crippen molar-refractivity contribution >= 4 is 28.4 Å². The maximum Gasteiger partial charge on any atom is 0.278 e. The first-order valence-electron chi connectivity index (χ1n) is 7.08. The molecule has 0 radical (unpaired) electrons. The Morgan fingerprint density at radius 1 is 0.955 bits per heavy atom. The van der Waals surface area contributed by atoms with Crippen molar-refractivity contribution < 1.29 is 4.79 Å². The van der Waals surface area contributed by atoms with Crippen LogP contribution in [0.15, 0.2) is 58.4 Å². The van der Waals surface area contributed by atoms with Gasteiger partial charge >= 0.3 is 0 Å². The van der Waals surface area contributed by atoms with Gasteiger partial charge in [-0.05, 0) is 37.1 Å². The Balaban J connectivity index is 2.44. The summed E-state index contributed by atoms with van der Waals surface area (Å²) in [6.07, 6.45) is 0. The molecule has 0 atom stereocenters. The fraction of sp³-hybridized carbons (Fsp3) is 0.222. The largest absolute Gasteiger partial charge is 0.343 e. The van der Waals surface area contributed by atoms with Crippen LogP contribution in [0.1, 0.15) is 11.1 Å². The van der Waals surface area contributed by atoms with Crippen LogP contribution in [0, 0.1) is 13.8 Å². The zero-order valence-corrected chi connectivity index (χ0v) is 14.1. The minimum absolute atomic E-state index is 0.0866. The number of nitrogens with zero attached hydrogens (tertiary/aromatic N) is 2. The van der Waals surface area contributed by atoms with Crippen LogP contribution < -0.4 is 0 Å². The van der Waals surface area contributed by atoms with Crippen molar-refractivity contribution in [3.8, 4) is 0 Å². The van der Waals surface area contributed by atoms with E-state index >= 15 is 0 Å². The van der Waals surface area contributed by atoms with Crippen molar-refractivity contribution in [3.63, 3.8) is 0 Å². The summed E-state index contributed by atoms with van der Waals surface area (Å²) in [5.41, 5.74) is 3.01. The molecule has 0 aliphatic rings. The van der Waals surface area contributed by atoms with E-state index < -0.39 is 0 Å². The molecular formula is C18H20N2OS. The molecule has 2 aromatic carbocycles. The maximum absolute atomic E-state index is 12.4. The molecule has 1 amide bonds. The molecule has 0 saturated heterocycles. The average Bonchev–Trinajstić information content (AvgIpc) is 2.50. The third kappa shape index (κ3) is 3.98. The normalized spacial score (nSPS) is 11.4. The summed E-state index contributed by atoms with van der Waals surface area (Å²) in [7, 11) is 3.49. The highest BCUT2D eigenvalue weighted by Crippen LogP contribution is 2.28. The zero-order valence-electron chi connectivity index (χ0n) is 13.3. The zero-order chi connectivity index (χ0) is 16.1. The van der Waals surface area contributed by atoms with Crippen LogP contribution in [0.4, 0.5) is 5.69 Å². The van der Waals surface area contributed by atoms with Gasteiger partial charge in [-0.3, -0.25) is 4.79 Å². The molecule has 2 rings (SSSR count). The molecule has 0 aromatic heterocycles. The lowest BCUT2D eigenvalue weighted by molar-refractivity contribution is -0.121. The van der Waals surface area contributed by atoms with E-state index in [1.165, 1.54) is 11.8 Å². The number of para-hydroxylation sites is 1. The predicted molar refractivity (Wildman–Crippen MR) is 94.0 cm³/mol. The second-order valence-corrected chi connectivity index (χ2v) is 6.33. The topological polar surface area (TPSA) is 32.7 Å². The molecular weight excluding hydrogens is 292 g/mol. The Kier molecular flexibility index (Phi) is 5.39. The molecule has 0 unspecified atom stereocenters. The van der Waals surface area contributed by atoms with Crippen LogP contribution >= 0.6 is 11.8 Å². The molecule has 2 aromatic rings. The number of hydrogen-bond donors (Lipinski definition) is 0. The molecule has 0 bridgehead atoms. The van der Waals surface area contributed by atoms with Crippen molar-refractivity contribution in [1.82, 2.24) is 4.90 Å². The summed E-state index contributed by atoms with van der Waals surface area (Å²) < 4.78 is 0. The molecule has 0 aliphatic heterocycles. The Morgan fingerprint density at radius 2 is 1.55 bits per heavy atom. The molecule has 114 valence electrons. The van der Waals surface area contributed by atoms with E-state index in [1.54, 1.807) is 19.0 Å². The minimum Gasteiger partial charge on any atom is -0.343 e. The number of carbonyl (C=O) groups is 1. The van der Waals surface area contributed by atoms with E-state index in [2.05, 4.69) is 4.99 Å². The highest BCUT2D eigenvalue weighted by molar-refractivity contribution is 8.15. The first kappa shape index (κ1) is 16.3. The molecule has 3 nitrogen and oxygen atoms in total. The number of aliphatic imine (C=N–C) groups is 1. The second-order valence-electron chi connectivity index (χ2n) is 5.27. The number of carbonyl (C=O) groups excluding carboxylic acids is 1. The van der Waals surface area contributed by atoms with Gasteiger partial charge in [-0.2, -0.15) is 0 Å². The van der Waals surface area contributed by atoms with Crippen molar-refractivity contribution in [3.05, 3.63) is 59.7 Å². The number of benzene rings is 2. The van der Waals surface area contributed by atoms with E-state index in [0.717, 1.165) is 21.7 Å². The lowest BCUT2D eigenvalue weighted by atomic mass is 10.1. The lowest BCUT2D eigenvalue weighted by Crippen LogP contribution is -2.28. The van der Waals surface area contributed by atoms with Crippen LogP contribution in [-0.2, 0) is 4.79 Å². The quantitative estimate of drug-likeness (QED) is 0.472. The average molecular weight is 312 g/mol. The minimum atomic E-state index is -0.0866. The van der Waals surface area contributed by atoms with Gasteiger partial charge in [0.1, 0.15) is 0 Å². The smallest absolute Gasteiger partial charge is 0.278 e. The Morgan fingerprint density at radius 3 is 2.09 bits per heavy atom. The SMILES string of the molecule is Cc1cccc(C)c1N=C(Sc1ccccc1)C(=O)N(C)C. The Bertz CT molecular complexity index is 673. The van der Waals surface area contributed by atoms with Gasteiger partial charge in [-0.15, -0.1) is 0 Å². The number of amides is 1. The predicted octanol–water partition coefficient (Wildman–Crippen LogP) is 4.21. The summed E-state index contributed by atoms with van der Waals surface area (Å²) in [6.45, 7) is 4.02. The van der Waals surface area contributed by atoms with E-state index in [4.69, 9.17) is 0 Å². The van der Waals surface area contributed by atoms with Gasteiger partial charge in [0.05, 0.1) is 5.69 Å². The van der Waals surface area contributed by atoms with Gasteiger partial charge in [0.15, 0.2) is 5.04 Å². The summed E-state index contributed by atoms with van der Waals surface area (Å²) in [5, 5.41) is 0.480. The van der Waals surface area contributed by atoms with Gasteiger partial charge in [0.2, 0.25) is 0 Å². The molecule has 0 saturated carbocycles. The Hall–Kier alpha value is -2.07. The third-order valence-electron chi connectivity index (χ3n) is 3.20. The van der Waals surface area contributed by atoms with Gasteiger partial charge in [0, 0.05) is 19.0 Å². The monoisotopic (exact) mass is 312 g/mol. The molecule has 4 heteroatoms. The number of aryl methyl sites for hydroxylation is 2. The summed E-state index contributed by atoms with van der Waals surface area (Å²) in [5.74, 6) is -0.0866. The van der Waals surface area contributed by atoms with Crippen molar-refractivity contribution in [2.24, 2.45) is 4.99 Å².